The highest BCUT2D eigenvalue weighted by atomic mass is 35.5. The fraction of sp³-hybridized carbons (Fsp3) is 0.111. The molecule has 9 heteroatoms. The van der Waals surface area contributed by atoms with Crippen LogP contribution in [0.4, 0.5) is 8.78 Å². The minimum absolute atomic E-state index is 0.338. The predicted molar refractivity (Wildman–Crippen MR) is 103 cm³/mol. The van der Waals surface area contributed by atoms with Gasteiger partial charge in [0.25, 0.3) is 6.43 Å². The Bertz CT molecular complexity index is 1130. The summed E-state index contributed by atoms with van der Waals surface area (Å²) in [5.41, 5.74) is 2.21. The first-order valence-corrected chi connectivity index (χ1v) is 10.4. The van der Waals surface area contributed by atoms with E-state index in [1.165, 1.54) is 0 Å². The highest BCUT2D eigenvalue weighted by Crippen LogP contribution is 2.33. The Morgan fingerprint density at radius 3 is 2.63 bits per heavy atom. The fourth-order valence-electron chi connectivity index (χ4n) is 2.68. The molecule has 3 heterocycles. The average molecular weight is 424 g/mol. The lowest BCUT2D eigenvalue weighted by atomic mass is 10.2. The summed E-state index contributed by atoms with van der Waals surface area (Å²) in [7, 11) is -1.31. The molecule has 0 saturated heterocycles. The molecule has 0 fully saturated rings. The molecule has 0 radical (unpaired) electrons. The van der Waals surface area contributed by atoms with Gasteiger partial charge in [0.2, 0.25) is 0 Å². The molecule has 27 heavy (non-hydrogen) atoms. The van der Waals surface area contributed by atoms with E-state index in [-0.39, 0.29) is 5.01 Å². The lowest BCUT2D eigenvalue weighted by molar-refractivity contribution is 0.150. The summed E-state index contributed by atoms with van der Waals surface area (Å²) in [6.07, 6.45) is -0.959. The van der Waals surface area contributed by atoms with E-state index in [1.807, 2.05) is 30.3 Å². The maximum atomic E-state index is 12.8. The molecule has 1 aromatic carbocycles. The zero-order chi connectivity index (χ0) is 19.0. The Morgan fingerprint density at radius 2 is 1.93 bits per heavy atom. The molecule has 4 rings (SSSR count). The summed E-state index contributed by atoms with van der Waals surface area (Å²) in [6, 6.07) is 14.7. The van der Waals surface area contributed by atoms with Gasteiger partial charge in [0.1, 0.15) is 0 Å². The van der Waals surface area contributed by atoms with Crippen molar-refractivity contribution in [2.45, 2.75) is 17.1 Å². The summed E-state index contributed by atoms with van der Waals surface area (Å²) >= 11 is 7.18. The molecule has 3 aromatic heterocycles. The van der Waals surface area contributed by atoms with Crippen molar-refractivity contribution in [2.75, 3.05) is 0 Å². The minimum Gasteiger partial charge on any atom is -0.312 e. The third-order valence-electron chi connectivity index (χ3n) is 3.94. The number of rotatable bonds is 5. The second-order valence-corrected chi connectivity index (χ2v) is 8.59. The van der Waals surface area contributed by atoms with E-state index in [2.05, 4.69) is 10.2 Å². The molecule has 0 bridgehead atoms. The Kier molecular flexibility index (Phi) is 5.03. The molecule has 0 aliphatic carbocycles. The maximum absolute atomic E-state index is 12.8. The first-order chi connectivity index (χ1) is 13.0. The van der Waals surface area contributed by atoms with Crippen molar-refractivity contribution >= 4 is 39.3 Å². The average Bonchev–Trinajstić information content (AvgIpc) is 3.29. The van der Waals surface area contributed by atoms with Crippen LogP contribution in [0.5, 0.6) is 0 Å². The quantitative estimate of drug-likeness (QED) is 0.434. The van der Waals surface area contributed by atoms with Crippen LogP contribution < -0.4 is 0 Å². The molecule has 0 amide bonds. The molecule has 0 saturated carbocycles. The van der Waals surface area contributed by atoms with Crippen molar-refractivity contribution in [3.05, 3.63) is 70.3 Å². The second-order valence-electron chi connectivity index (χ2n) is 5.72. The van der Waals surface area contributed by atoms with Gasteiger partial charge in [-0.25, -0.2) is 8.78 Å². The van der Waals surface area contributed by atoms with Gasteiger partial charge in [0.05, 0.1) is 37.7 Å². The first kappa shape index (κ1) is 18.2. The lowest BCUT2D eigenvalue weighted by Crippen LogP contribution is -1.99. The molecule has 0 spiro atoms. The third-order valence-corrected chi connectivity index (χ3v) is 6.54. The fourth-order valence-corrected chi connectivity index (χ4v) is 4.87. The van der Waals surface area contributed by atoms with Crippen molar-refractivity contribution in [1.82, 2.24) is 14.6 Å². The highest BCUT2D eigenvalue weighted by Gasteiger charge is 2.18. The van der Waals surface area contributed by atoms with Crippen molar-refractivity contribution < 1.29 is 13.0 Å². The van der Waals surface area contributed by atoms with E-state index in [0.29, 0.717) is 31.9 Å². The van der Waals surface area contributed by atoms with Gasteiger partial charge in [-0.2, -0.15) is 0 Å². The largest absolute Gasteiger partial charge is 0.312 e. The monoisotopic (exact) mass is 423 g/mol. The number of pyridine rings is 1. The van der Waals surface area contributed by atoms with Crippen LogP contribution in [0.2, 0.25) is 5.02 Å². The molecule has 4 aromatic rings. The van der Waals surface area contributed by atoms with E-state index in [4.69, 9.17) is 11.6 Å². The second kappa shape index (κ2) is 7.46. The van der Waals surface area contributed by atoms with Gasteiger partial charge in [-0.15, -0.1) is 10.2 Å². The Hall–Kier alpha value is -2.16. The summed E-state index contributed by atoms with van der Waals surface area (Å²) in [4.78, 5) is 0.549. The van der Waals surface area contributed by atoms with Gasteiger partial charge >= 0.3 is 0 Å². The van der Waals surface area contributed by atoms with Crippen LogP contribution in [0.1, 0.15) is 17.0 Å². The van der Waals surface area contributed by atoms with Crippen molar-refractivity contribution in [2.24, 2.45) is 0 Å². The summed E-state index contributed by atoms with van der Waals surface area (Å²) < 4.78 is 40.1. The maximum Gasteiger partial charge on any atom is 0.291 e. The van der Waals surface area contributed by atoms with Gasteiger partial charge in [-0.3, -0.25) is 4.21 Å². The van der Waals surface area contributed by atoms with Crippen LogP contribution >= 0.6 is 22.9 Å². The van der Waals surface area contributed by atoms with Crippen molar-refractivity contribution in [3.63, 3.8) is 0 Å². The van der Waals surface area contributed by atoms with Gasteiger partial charge in [-0.1, -0.05) is 53.3 Å². The zero-order valence-electron chi connectivity index (χ0n) is 13.7. The normalized spacial score (nSPS) is 12.7. The van der Waals surface area contributed by atoms with E-state index in [1.54, 1.807) is 28.8 Å². The SMILES string of the molecule is O=S(Cc1ccccc1)c1cc(Cl)c2ccc(-c3nnc(C(F)F)s3)n2c1. The van der Waals surface area contributed by atoms with Crippen LogP contribution in [0.25, 0.3) is 16.2 Å². The Balaban J connectivity index is 1.74. The van der Waals surface area contributed by atoms with Gasteiger partial charge < -0.3 is 4.40 Å². The molecule has 0 aliphatic rings. The number of hydrogen-bond donors (Lipinski definition) is 0. The molecule has 0 N–H and O–H groups in total. The molecule has 1 unspecified atom stereocenters. The van der Waals surface area contributed by atoms with Crippen molar-refractivity contribution in [3.8, 4) is 10.7 Å². The number of hydrogen-bond acceptors (Lipinski definition) is 4. The zero-order valence-corrected chi connectivity index (χ0v) is 16.1. The molecule has 4 nitrogen and oxygen atoms in total. The topological polar surface area (TPSA) is 47.3 Å². The van der Waals surface area contributed by atoms with E-state index in [9.17, 15) is 13.0 Å². The standard InChI is InChI=1S/C18H12ClF2N3OS2/c19-13-8-12(27(25)10-11-4-2-1-3-5-11)9-24-14(13)6-7-15(24)17-22-23-18(26-17)16(20)21/h1-9,16H,10H2. The van der Waals surface area contributed by atoms with Crippen LogP contribution in [0.15, 0.2) is 59.6 Å². The van der Waals surface area contributed by atoms with Crippen LogP contribution in [-0.2, 0) is 16.6 Å². The Labute approximate surface area is 164 Å². The summed E-state index contributed by atoms with van der Waals surface area (Å²) in [6.45, 7) is 0. The smallest absolute Gasteiger partial charge is 0.291 e. The van der Waals surface area contributed by atoms with Gasteiger partial charge in [-0.05, 0) is 23.8 Å². The summed E-state index contributed by atoms with van der Waals surface area (Å²) in [5, 5.41) is 7.82. The molecular formula is C18H12ClF2N3OS2. The number of aromatic nitrogens is 3. The number of alkyl halides is 2. The molecule has 1 atom stereocenters. The first-order valence-electron chi connectivity index (χ1n) is 7.88. The van der Waals surface area contributed by atoms with Gasteiger partial charge in [0.15, 0.2) is 10.0 Å². The predicted octanol–water partition coefficient (Wildman–Crippen LogP) is 5.36. The number of halogens is 3. The third kappa shape index (κ3) is 3.65. The van der Waals surface area contributed by atoms with Crippen LogP contribution in [0, 0.1) is 0 Å². The highest BCUT2D eigenvalue weighted by molar-refractivity contribution is 7.84. The van der Waals surface area contributed by atoms with Crippen molar-refractivity contribution in [1.29, 1.82) is 0 Å². The minimum atomic E-state index is -2.67. The number of fused-ring (bicyclic) bond motifs is 1. The van der Waals surface area contributed by atoms with Gasteiger partial charge in [0, 0.05) is 6.20 Å². The lowest BCUT2D eigenvalue weighted by Gasteiger charge is -2.07. The van der Waals surface area contributed by atoms with E-state index < -0.39 is 17.2 Å². The van der Waals surface area contributed by atoms with E-state index in [0.717, 1.165) is 16.9 Å². The number of benzene rings is 1. The molecular weight excluding hydrogens is 412 g/mol. The molecule has 0 aliphatic heterocycles. The molecule has 138 valence electrons. The van der Waals surface area contributed by atoms with Crippen LogP contribution in [0.3, 0.4) is 0 Å². The summed E-state index contributed by atoms with van der Waals surface area (Å²) in [5.74, 6) is 0.355. The Morgan fingerprint density at radius 1 is 1.15 bits per heavy atom. The van der Waals surface area contributed by atoms with E-state index >= 15 is 0 Å². The number of nitrogens with zero attached hydrogens (tertiary/aromatic N) is 3. The van der Waals surface area contributed by atoms with Crippen LogP contribution in [-0.4, -0.2) is 18.8 Å².